The Hall–Kier alpha value is -1.89. The summed E-state index contributed by atoms with van der Waals surface area (Å²) in [4.78, 5) is 29.2. The van der Waals surface area contributed by atoms with Gasteiger partial charge in [0.2, 0.25) is 5.91 Å². The van der Waals surface area contributed by atoms with Crippen LogP contribution in [0.5, 0.6) is 0 Å². The van der Waals surface area contributed by atoms with Gasteiger partial charge < -0.3 is 14.5 Å². The third-order valence-corrected chi connectivity index (χ3v) is 6.22. The summed E-state index contributed by atoms with van der Waals surface area (Å²) in [5.41, 5.74) is 1.67. The van der Waals surface area contributed by atoms with Crippen LogP contribution in [0.2, 0.25) is 0 Å². The molecule has 0 bridgehead atoms. The topological polar surface area (TPSA) is 78.5 Å². The summed E-state index contributed by atoms with van der Waals surface area (Å²) < 4.78 is 5.71. The van der Waals surface area contributed by atoms with E-state index in [9.17, 15) is 9.59 Å². The summed E-state index contributed by atoms with van der Waals surface area (Å²) in [6.07, 6.45) is 9.47. The van der Waals surface area contributed by atoms with Crippen LogP contribution in [0.15, 0.2) is 6.20 Å². The van der Waals surface area contributed by atoms with Crippen molar-refractivity contribution in [3.63, 3.8) is 0 Å². The largest absolute Gasteiger partial charge is 0.378 e. The Morgan fingerprint density at radius 1 is 1.04 bits per heavy atom. The number of aromatic amines is 1. The number of carbonyl (C=O) groups excluding carboxylic acids is 2. The van der Waals surface area contributed by atoms with Crippen molar-refractivity contribution in [1.82, 2.24) is 20.0 Å². The first-order valence-corrected chi connectivity index (χ1v) is 10.4. The normalized spacial score (nSPS) is 24.4. The molecule has 1 atom stereocenters. The molecule has 0 saturated carbocycles. The number of nitrogens with one attached hydrogen (secondary N) is 1. The molecule has 7 heteroatoms. The smallest absolute Gasteiger partial charge is 0.257 e. The summed E-state index contributed by atoms with van der Waals surface area (Å²) in [6.45, 7) is 3.96. The first kappa shape index (κ1) is 18.5. The fourth-order valence-corrected chi connectivity index (χ4v) is 4.58. The van der Waals surface area contributed by atoms with Crippen LogP contribution in [0, 0.1) is 0 Å². The SMILES string of the molecule is O=C(C[C@H]1CCCCO1)N1CCC(c2[nH]ncc2C(=O)N2CCCC2)CC1. The van der Waals surface area contributed by atoms with Gasteiger partial charge in [0.25, 0.3) is 5.91 Å². The number of likely N-dealkylation sites (tertiary alicyclic amines) is 2. The first-order valence-electron chi connectivity index (χ1n) is 10.4. The lowest BCUT2D eigenvalue weighted by atomic mass is 9.90. The van der Waals surface area contributed by atoms with Gasteiger partial charge in [0.1, 0.15) is 0 Å². The van der Waals surface area contributed by atoms with Crippen LogP contribution >= 0.6 is 0 Å². The van der Waals surface area contributed by atoms with Crippen molar-refractivity contribution in [2.45, 2.75) is 63.4 Å². The molecule has 3 aliphatic rings. The molecule has 0 spiro atoms. The number of rotatable bonds is 4. The molecule has 0 aromatic carbocycles. The van der Waals surface area contributed by atoms with Crippen LogP contribution in [0.1, 0.15) is 73.3 Å². The van der Waals surface area contributed by atoms with Gasteiger partial charge in [-0.3, -0.25) is 14.7 Å². The van der Waals surface area contributed by atoms with Crippen LogP contribution in [0.25, 0.3) is 0 Å². The van der Waals surface area contributed by atoms with E-state index < -0.39 is 0 Å². The maximum Gasteiger partial charge on any atom is 0.257 e. The fourth-order valence-electron chi connectivity index (χ4n) is 4.58. The Bertz CT molecular complexity index is 654. The molecule has 2 amide bonds. The molecule has 4 heterocycles. The van der Waals surface area contributed by atoms with E-state index in [2.05, 4.69) is 10.2 Å². The molecule has 3 saturated heterocycles. The number of hydrogen-bond donors (Lipinski definition) is 1. The summed E-state index contributed by atoms with van der Waals surface area (Å²) in [5.74, 6) is 0.576. The van der Waals surface area contributed by atoms with Crippen molar-refractivity contribution >= 4 is 11.8 Å². The monoisotopic (exact) mass is 374 g/mol. The highest BCUT2D eigenvalue weighted by Crippen LogP contribution is 2.30. The Kier molecular flexibility index (Phi) is 5.76. The standard InChI is InChI=1S/C20H30N4O3/c25-18(13-16-5-1-4-12-27-16)23-10-6-15(7-11-23)19-17(14-21-22-19)20(26)24-8-2-3-9-24/h14-16H,1-13H2,(H,21,22)/t16-/m1/s1. The van der Waals surface area contributed by atoms with Gasteiger partial charge in [-0.05, 0) is 44.9 Å². The van der Waals surface area contributed by atoms with E-state index in [0.717, 1.165) is 89.0 Å². The Morgan fingerprint density at radius 3 is 2.52 bits per heavy atom. The van der Waals surface area contributed by atoms with Gasteiger partial charge >= 0.3 is 0 Å². The minimum absolute atomic E-state index is 0.0984. The van der Waals surface area contributed by atoms with Crippen molar-refractivity contribution in [3.05, 3.63) is 17.5 Å². The van der Waals surface area contributed by atoms with E-state index in [4.69, 9.17) is 4.74 Å². The zero-order valence-corrected chi connectivity index (χ0v) is 16.0. The third-order valence-electron chi connectivity index (χ3n) is 6.22. The van der Waals surface area contributed by atoms with Gasteiger partial charge in [0.15, 0.2) is 0 Å². The molecule has 0 unspecified atom stereocenters. The van der Waals surface area contributed by atoms with Crippen LogP contribution in [0.4, 0.5) is 0 Å². The number of ether oxygens (including phenoxy) is 1. The van der Waals surface area contributed by atoms with Gasteiger partial charge in [-0.25, -0.2) is 0 Å². The molecule has 1 aromatic heterocycles. The average molecular weight is 374 g/mol. The maximum absolute atomic E-state index is 12.8. The number of hydrogen-bond acceptors (Lipinski definition) is 4. The molecule has 0 radical (unpaired) electrons. The molecule has 1 aromatic rings. The summed E-state index contributed by atoms with van der Waals surface area (Å²) in [5, 5.41) is 7.22. The number of amides is 2. The molecule has 7 nitrogen and oxygen atoms in total. The maximum atomic E-state index is 12.8. The molecule has 1 N–H and O–H groups in total. The molecular weight excluding hydrogens is 344 g/mol. The second-order valence-electron chi connectivity index (χ2n) is 8.04. The quantitative estimate of drug-likeness (QED) is 0.877. The van der Waals surface area contributed by atoms with E-state index in [-0.39, 0.29) is 23.8 Å². The number of aromatic nitrogens is 2. The van der Waals surface area contributed by atoms with Gasteiger partial charge in [-0.1, -0.05) is 0 Å². The molecule has 148 valence electrons. The lowest BCUT2D eigenvalue weighted by Gasteiger charge is -2.33. The minimum atomic E-state index is 0.0984. The summed E-state index contributed by atoms with van der Waals surface area (Å²) in [6, 6.07) is 0. The second kappa shape index (κ2) is 8.42. The van der Waals surface area contributed by atoms with Crippen LogP contribution in [0.3, 0.4) is 0 Å². The number of piperidine rings is 1. The highest BCUT2D eigenvalue weighted by atomic mass is 16.5. The van der Waals surface area contributed by atoms with Crippen molar-refractivity contribution in [1.29, 1.82) is 0 Å². The van der Waals surface area contributed by atoms with Gasteiger partial charge in [0.05, 0.1) is 30.0 Å². The van der Waals surface area contributed by atoms with Gasteiger partial charge in [0, 0.05) is 38.7 Å². The van der Waals surface area contributed by atoms with Crippen molar-refractivity contribution in [2.24, 2.45) is 0 Å². The molecular formula is C20H30N4O3. The van der Waals surface area contributed by atoms with E-state index >= 15 is 0 Å². The zero-order valence-electron chi connectivity index (χ0n) is 16.0. The van der Waals surface area contributed by atoms with E-state index in [1.54, 1.807) is 6.20 Å². The first-order chi connectivity index (χ1) is 13.2. The third kappa shape index (κ3) is 4.18. The predicted molar refractivity (Wildman–Crippen MR) is 100 cm³/mol. The molecule has 27 heavy (non-hydrogen) atoms. The Balaban J connectivity index is 1.32. The minimum Gasteiger partial charge on any atom is -0.378 e. The van der Waals surface area contributed by atoms with Gasteiger partial charge in [-0.2, -0.15) is 5.10 Å². The average Bonchev–Trinajstić information content (AvgIpc) is 3.40. The van der Waals surface area contributed by atoms with E-state index in [1.165, 1.54) is 0 Å². The van der Waals surface area contributed by atoms with E-state index in [1.807, 2.05) is 9.80 Å². The highest BCUT2D eigenvalue weighted by Gasteiger charge is 2.31. The lowest BCUT2D eigenvalue weighted by Crippen LogP contribution is -2.40. The van der Waals surface area contributed by atoms with E-state index in [0.29, 0.717) is 6.42 Å². The number of carbonyl (C=O) groups is 2. The lowest BCUT2D eigenvalue weighted by molar-refractivity contribution is -0.136. The van der Waals surface area contributed by atoms with Crippen molar-refractivity contribution in [3.8, 4) is 0 Å². The molecule has 3 aliphatic heterocycles. The van der Waals surface area contributed by atoms with Crippen molar-refractivity contribution in [2.75, 3.05) is 32.8 Å². The Labute approximate surface area is 160 Å². The fraction of sp³-hybridized carbons (Fsp3) is 0.750. The second-order valence-corrected chi connectivity index (χ2v) is 8.04. The predicted octanol–water partition coefficient (Wildman–Crippen LogP) is 2.31. The van der Waals surface area contributed by atoms with Gasteiger partial charge in [-0.15, -0.1) is 0 Å². The summed E-state index contributed by atoms with van der Waals surface area (Å²) in [7, 11) is 0. The van der Waals surface area contributed by atoms with Crippen molar-refractivity contribution < 1.29 is 14.3 Å². The highest BCUT2D eigenvalue weighted by molar-refractivity contribution is 5.95. The van der Waals surface area contributed by atoms with Crippen LogP contribution in [-0.2, 0) is 9.53 Å². The molecule has 4 rings (SSSR count). The number of nitrogens with zero attached hydrogens (tertiary/aromatic N) is 3. The van der Waals surface area contributed by atoms with Crippen LogP contribution < -0.4 is 0 Å². The van der Waals surface area contributed by atoms with Crippen LogP contribution in [-0.4, -0.2) is 70.7 Å². The Morgan fingerprint density at radius 2 is 1.81 bits per heavy atom. The molecule has 0 aliphatic carbocycles. The summed E-state index contributed by atoms with van der Waals surface area (Å²) >= 11 is 0. The number of H-pyrrole nitrogens is 1. The zero-order chi connectivity index (χ0) is 18.6. The molecule has 3 fully saturated rings.